The Bertz CT molecular complexity index is 647. The Morgan fingerprint density at radius 2 is 1.95 bits per heavy atom. The Kier molecular flexibility index (Phi) is 4.30. The maximum Gasteiger partial charge on any atom is 0.253 e. The van der Waals surface area contributed by atoms with E-state index in [1.54, 1.807) is 24.1 Å². The van der Waals surface area contributed by atoms with Crippen molar-refractivity contribution in [2.45, 2.75) is 13.5 Å². The van der Waals surface area contributed by atoms with Crippen LogP contribution in [0.25, 0.3) is 0 Å². The molecule has 0 unspecified atom stereocenters. The van der Waals surface area contributed by atoms with Gasteiger partial charge in [-0.25, -0.2) is 4.98 Å². The van der Waals surface area contributed by atoms with Crippen molar-refractivity contribution >= 4 is 5.91 Å². The normalized spacial score (nSPS) is 10.3. The van der Waals surface area contributed by atoms with Gasteiger partial charge in [-0.05, 0) is 24.6 Å². The summed E-state index contributed by atoms with van der Waals surface area (Å²) in [5.41, 5.74) is 1.51. The number of carbonyl (C=O) groups excluding carboxylic acids is 1. The number of benzene rings is 1. The lowest BCUT2D eigenvalue weighted by Crippen LogP contribution is -2.26. The van der Waals surface area contributed by atoms with E-state index in [2.05, 4.69) is 4.98 Å². The number of carbonyl (C=O) groups is 1. The molecule has 0 saturated carbocycles. The fourth-order valence-electron chi connectivity index (χ4n) is 1.81. The van der Waals surface area contributed by atoms with Crippen LogP contribution in [0.2, 0.25) is 0 Å². The zero-order valence-corrected chi connectivity index (χ0v) is 11.6. The molecule has 1 aromatic carbocycles. The summed E-state index contributed by atoms with van der Waals surface area (Å²) < 4.78 is 1.52. The molecule has 1 aromatic heterocycles. The van der Waals surface area contributed by atoms with Gasteiger partial charge in [-0.3, -0.25) is 14.2 Å². The summed E-state index contributed by atoms with van der Waals surface area (Å²) in [5, 5.41) is 0. The van der Waals surface area contributed by atoms with Gasteiger partial charge in [0.2, 0.25) is 0 Å². The maximum absolute atomic E-state index is 12.0. The summed E-state index contributed by atoms with van der Waals surface area (Å²) in [5.74, 6) is -0.00223. The number of hydrogen-bond acceptors (Lipinski definition) is 3. The minimum atomic E-state index is -0.0918. The van der Waals surface area contributed by atoms with Crippen molar-refractivity contribution < 1.29 is 4.79 Å². The monoisotopic (exact) mass is 271 g/mol. The molecule has 5 heteroatoms. The first kappa shape index (κ1) is 14.0. The average molecular weight is 271 g/mol. The lowest BCUT2D eigenvalue weighted by atomic mass is 10.1. The van der Waals surface area contributed by atoms with E-state index in [0.717, 1.165) is 5.56 Å². The number of aromatic nitrogens is 2. The highest BCUT2D eigenvalue weighted by Crippen LogP contribution is 2.07. The number of rotatable bonds is 4. The van der Waals surface area contributed by atoms with Crippen LogP contribution in [0.3, 0.4) is 0 Å². The van der Waals surface area contributed by atoms with Crippen LogP contribution in [0.15, 0.2) is 47.7 Å². The Hall–Kier alpha value is -2.43. The molecule has 2 rings (SSSR count). The fourth-order valence-corrected chi connectivity index (χ4v) is 1.81. The molecule has 1 amide bonds. The van der Waals surface area contributed by atoms with Crippen LogP contribution >= 0.6 is 0 Å². The molecule has 0 atom stereocenters. The molecule has 5 nitrogen and oxygen atoms in total. The molecular weight excluding hydrogens is 254 g/mol. The second-order valence-electron chi connectivity index (χ2n) is 4.56. The average Bonchev–Trinajstić information content (AvgIpc) is 2.49. The van der Waals surface area contributed by atoms with Gasteiger partial charge in [-0.1, -0.05) is 12.1 Å². The zero-order valence-electron chi connectivity index (χ0n) is 11.6. The highest BCUT2D eigenvalue weighted by Gasteiger charge is 2.09. The number of hydrogen-bond donors (Lipinski definition) is 0. The van der Waals surface area contributed by atoms with Gasteiger partial charge >= 0.3 is 0 Å². The van der Waals surface area contributed by atoms with E-state index in [1.807, 2.05) is 19.1 Å². The first-order chi connectivity index (χ1) is 9.61. The molecule has 0 aliphatic carbocycles. The van der Waals surface area contributed by atoms with E-state index < -0.39 is 0 Å². The number of nitrogens with zero attached hydrogens (tertiary/aromatic N) is 3. The predicted molar refractivity (Wildman–Crippen MR) is 76.7 cm³/mol. The molecule has 20 heavy (non-hydrogen) atoms. The van der Waals surface area contributed by atoms with Crippen molar-refractivity contribution in [3.63, 3.8) is 0 Å². The Morgan fingerprint density at radius 3 is 2.55 bits per heavy atom. The molecule has 0 bridgehead atoms. The molecule has 1 heterocycles. The van der Waals surface area contributed by atoms with Crippen LogP contribution in [0.5, 0.6) is 0 Å². The molecular formula is C15H17N3O2. The first-order valence-electron chi connectivity index (χ1n) is 6.46. The van der Waals surface area contributed by atoms with Gasteiger partial charge in [0.05, 0.1) is 12.9 Å². The molecule has 0 fully saturated rings. The quantitative estimate of drug-likeness (QED) is 0.844. The summed E-state index contributed by atoms with van der Waals surface area (Å²) >= 11 is 0. The van der Waals surface area contributed by atoms with Gasteiger partial charge in [0.1, 0.15) is 0 Å². The third kappa shape index (κ3) is 3.12. The molecule has 0 spiro atoms. The summed E-state index contributed by atoms with van der Waals surface area (Å²) in [6.07, 6.45) is 2.98. The molecule has 0 N–H and O–H groups in total. The van der Waals surface area contributed by atoms with Gasteiger partial charge in [-0.2, -0.15) is 0 Å². The highest BCUT2D eigenvalue weighted by atomic mass is 16.2. The van der Waals surface area contributed by atoms with E-state index >= 15 is 0 Å². The lowest BCUT2D eigenvalue weighted by molar-refractivity contribution is 0.0802. The maximum atomic E-state index is 12.0. The minimum absolute atomic E-state index is 0.00223. The topological polar surface area (TPSA) is 55.2 Å². The van der Waals surface area contributed by atoms with E-state index in [1.165, 1.54) is 23.2 Å². The van der Waals surface area contributed by atoms with Gasteiger partial charge in [0, 0.05) is 31.4 Å². The van der Waals surface area contributed by atoms with E-state index in [4.69, 9.17) is 0 Å². The smallest absolute Gasteiger partial charge is 0.253 e. The van der Waals surface area contributed by atoms with Crippen LogP contribution in [0.4, 0.5) is 0 Å². The van der Waals surface area contributed by atoms with Crippen molar-refractivity contribution in [1.82, 2.24) is 14.5 Å². The summed E-state index contributed by atoms with van der Waals surface area (Å²) in [4.78, 5) is 29.1. The largest absolute Gasteiger partial charge is 0.342 e. The standard InChI is InChI=1S/C15H17N3O2/c1-3-17(2)15(20)13-6-4-12(5-7-13)10-18-11-16-9-8-14(18)19/h4-9,11H,3,10H2,1-2H3. The SMILES string of the molecule is CCN(C)C(=O)c1ccc(Cn2cnccc2=O)cc1. The van der Waals surface area contributed by atoms with Crippen LogP contribution in [-0.2, 0) is 6.54 Å². The van der Waals surface area contributed by atoms with Crippen molar-refractivity contribution in [1.29, 1.82) is 0 Å². The molecule has 0 aliphatic rings. The lowest BCUT2D eigenvalue weighted by Gasteiger charge is -2.14. The minimum Gasteiger partial charge on any atom is -0.342 e. The van der Waals surface area contributed by atoms with Crippen LogP contribution in [-0.4, -0.2) is 34.0 Å². The number of amides is 1. The highest BCUT2D eigenvalue weighted by molar-refractivity contribution is 5.94. The van der Waals surface area contributed by atoms with Crippen molar-refractivity contribution in [3.05, 3.63) is 64.3 Å². The Balaban J connectivity index is 2.15. The van der Waals surface area contributed by atoms with Crippen LogP contribution < -0.4 is 5.56 Å². The van der Waals surface area contributed by atoms with E-state index in [-0.39, 0.29) is 11.5 Å². The summed E-state index contributed by atoms with van der Waals surface area (Å²) in [7, 11) is 1.77. The van der Waals surface area contributed by atoms with Crippen LogP contribution in [0.1, 0.15) is 22.8 Å². The van der Waals surface area contributed by atoms with Gasteiger partial charge in [0.25, 0.3) is 11.5 Å². The predicted octanol–water partition coefficient (Wildman–Crippen LogP) is 1.38. The molecule has 0 radical (unpaired) electrons. The van der Waals surface area contributed by atoms with Gasteiger partial charge in [-0.15, -0.1) is 0 Å². The fraction of sp³-hybridized carbons (Fsp3) is 0.267. The molecule has 0 aliphatic heterocycles. The van der Waals surface area contributed by atoms with E-state index in [9.17, 15) is 9.59 Å². The van der Waals surface area contributed by atoms with Gasteiger partial charge in [0.15, 0.2) is 0 Å². The third-order valence-corrected chi connectivity index (χ3v) is 3.17. The second-order valence-corrected chi connectivity index (χ2v) is 4.56. The third-order valence-electron chi connectivity index (χ3n) is 3.17. The van der Waals surface area contributed by atoms with Crippen LogP contribution in [0, 0.1) is 0 Å². The van der Waals surface area contributed by atoms with Crippen molar-refractivity contribution in [2.75, 3.05) is 13.6 Å². The second kappa shape index (κ2) is 6.14. The Morgan fingerprint density at radius 1 is 1.25 bits per heavy atom. The molecule has 0 saturated heterocycles. The molecule has 104 valence electrons. The van der Waals surface area contributed by atoms with Crippen molar-refractivity contribution in [2.24, 2.45) is 0 Å². The van der Waals surface area contributed by atoms with E-state index in [0.29, 0.717) is 18.7 Å². The summed E-state index contributed by atoms with van der Waals surface area (Å²) in [6, 6.07) is 8.71. The Labute approximate surface area is 117 Å². The summed E-state index contributed by atoms with van der Waals surface area (Å²) in [6.45, 7) is 3.05. The van der Waals surface area contributed by atoms with Gasteiger partial charge < -0.3 is 4.90 Å². The molecule has 2 aromatic rings. The zero-order chi connectivity index (χ0) is 14.5. The first-order valence-corrected chi connectivity index (χ1v) is 6.46. The van der Waals surface area contributed by atoms with Crippen molar-refractivity contribution in [3.8, 4) is 0 Å².